The minimum Gasteiger partial charge on any atom is -0.466 e. The second-order valence-electron chi connectivity index (χ2n) is 5.86. The number of furan rings is 1. The monoisotopic (exact) mass is 293 g/mol. The third-order valence-electron chi connectivity index (χ3n) is 4.14. The van der Waals surface area contributed by atoms with Crippen molar-refractivity contribution >= 4 is 0 Å². The smallest absolute Gasteiger partial charge is 0.104 e. The maximum absolute atomic E-state index is 5.60. The van der Waals surface area contributed by atoms with Crippen LogP contribution in [0.25, 0.3) is 11.1 Å². The topological polar surface area (TPSA) is 25.2 Å². The Labute approximate surface area is 132 Å². The molecule has 0 saturated heterocycles. The second-order valence-corrected chi connectivity index (χ2v) is 5.86. The van der Waals surface area contributed by atoms with Crippen molar-refractivity contribution in [1.29, 1.82) is 0 Å². The predicted octanol–water partition coefficient (Wildman–Crippen LogP) is 4.98. The highest BCUT2D eigenvalue weighted by Crippen LogP contribution is 2.31. The van der Waals surface area contributed by atoms with Crippen molar-refractivity contribution in [3.8, 4) is 11.1 Å². The summed E-state index contributed by atoms with van der Waals surface area (Å²) < 4.78 is 5.60. The summed E-state index contributed by atoms with van der Waals surface area (Å²) in [5.41, 5.74) is 4.02. The molecule has 1 heterocycles. The second kappa shape index (κ2) is 6.80. The van der Waals surface area contributed by atoms with Crippen LogP contribution in [-0.2, 0) is 6.42 Å². The van der Waals surface area contributed by atoms with E-state index in [9.17, 15) is 0 Å². The van der Waals surface area contributed by atoms with E-state index in [4.69, 9.17) is 4.42 Å². The SMILES string of the molecule is Cc1ccc(CCCNC(C)c2ccc3cccccc2-3)o1. The number of rotatable bonds is 6. The van der Waals surface area contributed by atoms with Gasteiger partial charge in [0.1, 0.15) is 11.5 Å². The summed E-state index contributed by atoms with van der Waals surface area (Å²) in [7, 11) is 0. The van der Waals surface area contributed by atoms with Crippen LogP contribution in [0.1, 0.15) is 36.5 Å². The molecule has 22 heavy (non-hydrogen) atoms. The van der Waals surface area contributed by atoms with E-state index in [1.54, 1.807) is 0 Å². The van der Waals surface area contributed by atoms with Gasteiger partial charge >= 0.3 is 0 Å². The fraction of sp³-hybridized carbons (Fsp3) is 0.300. The summed E-state index contributed by atoms with van der Waals surface area (Å²) in [6.07, 6.45) is 2.08. The molecule has 1 aromatic heterocycles. The van der Waals surface area contributed by atoms with E-state index in [-0.39, 0.29) is 0 Å². The molecule has 2 aliphatic rings. The molecular weight excluding hydrogens is 270 g/mol. The number of nitrogens with one attached hydrogen (secondary N) is 1. The zero-order valence-electron chi connectivity index (χ0n) is 13.3. The molecule has 0 aliphatic heterocycles. The summed E-state index contributed by atoms with van der Waals surface area (Å²) in [6, 6.07) is 19.6. The van der Waals surface area contributed by atoms with Crippen LogP contribution in [-0.4, -0.2) is 6.54 Å². The van der Waals surface area contributed by atoms with E-state index in [1.165, 1.54) is 16.7 Å². The molecular formula is C20H23NO. The van der Waals surface area contributed by atoms with Crippen molar-refractivity contribution in [1.82, 2.24) is 5.32 Å². The molecule has 0 fully saturated rings. The van der Waals surface area contributed by atoms with E-state index in [0.717, 1.165) is 30.9 Å². The number of fused-ring (bicyclic) bond motifs is 1. The molecule has 1 N–H and O–H groups in total. The number of hydrogen-bond acceptors (Lipinski definition) is 2. The van der Waals surface area contributed by atoms with Crippen LogP contribution in [0, 0.1) is 6.92 Å². The largest absolute Gasteiger partial charge is 0.466 e. The van der Waals surface area contributed by atoms with Crippen molar-refractivity contribution < 1.29 is 4.42 Å². The lowest BCUT2D eigenvalue weighted by Gasteiger charge is -2.14. The zero-order valence-corrected chi connectivity index (χ0v) is 13.3. The summed E-state index contributed by atoms with van der Waals surface area (Å²) >= 11 is 0. The Kier molecular flexibility index (Phi) is 4.59. The molecule has 0 bridgehead atoms. The molecule has 2 heteroatoms. The zero-order chi connectivity index (χ0) is 15.4. The Morgan fingerprint density at radius 3 is 2.68 bits per heavy atom. The van der Waals surface area contributed by atoms with Gasteiger partial charge in [-0.15, -0.1) is 0 Å². The standard InChI is InChI=1S/C20H23NO/c1-15-10-12-18(22-15)8-6-14-21-16(2)19-13-11-17-7-4-3-5-9-20(17)19/h3-5,7,9-13,16,21H,6,8,14H2,1-2H3. The van der Waals surface area contributed by atoms with Gasteiger partial charge in [0.05, 0.1) is 0 Å². The molecule has 1 unspecified atom stereocenters. The minimum absolute atomic E-state index is 0.359. The van der Waals surface area contributed by atoms with Crippen molar-refractivity contribution in [3.05, 3.63) is 71.7 Å². The van der Waals surface area contributed by atoms with Gasteiger partial charge in [-0.25, -0.2) is 0 Å². The Hall–Kier alpha value is -2.06. The van der Waals surface area contributed by atoms with Gasteiger partial charge in [-0.3, -0.25) is 0 Å². The van der Waals surface area contributed by atoms with Gasteiger partial charge in [0.25, 0.3) is 0 Å². The summed E-state index contributed by atoms with van der Waals surface area (Å²) in [5.74, 6) is 2.07. The van der Waals surface area contributed by atoms with Crippen LogP contribution >= 0.6 is 0 Å². The first-order chi connectivity index (χ1) is 10.7. The van der Waals surface area contributed by atoms with Crippen LogP contribution in [0.5, 0.6) is 0 Å². The van der Waals surface area contributed by atoms with E-state index in [0.29, 0.717) is 6.04 Å². The summed E-state index contributed by atoms with van der Waals surface area (Å²) in [5, 5.41) is 3.62. The average molecular weight is 293 g/mol. The van der Waals surface area contributed by atoms with E-state index in [1.807, 2.05) is 13.0 Å². The van der Waals surface area contributed by atoms with Gasteiger partial charge in [0.2, 0.25) is 0 Å². The first-order valence-electron chi connectivity index (χ1n) is 8.00. The Morgan fingerprint density at radius 1 is 1.00 bits per heavy atom. The van der Waals surface area contributed by atoms with E-state index >= 15 is 0 Å². The summed E-state index contributed by atoms with van der Waals surface area (Å²) in [4.78, 5) is 0. The molecule has 2 aliphatic carbocycles. The molecule has 3 rings (SSSR count). The molecule has 0 radical (unpaired) electrons. The molecule has 114 valence electrons. The van der Waals surface area contributed by atoms with Gasteiger partial charge in [-0.2, -0.15) is 0 Å². The van der Waals surface area contributed by atoms with Crippen molar-refractivity contribution in [2.75, 3.05) is 6.54 Å². The Balaban J connectivity index is 1.54. The lowest BCUT2D eigenvalue weighted by atomic mass is 10.0. The third kappa shape index (κ3) is 3.40. The third-order valence-corrected chi connectivity index (χ3v) is 4.14. The molecule has 0 aromatic carbocycles. The highest BCUT2D eigenvalue weighted by Gasteiger charge is 2.13. The normalized spacial score (nSPS) is 12.6. The highest BCUT2D eigenvalue weighted by molar-refractivity contribution is 5.70. The van der Waals surface area contributed by atoms with Crippen LogP contribution in [0.15, 0.2) is 59.0 Å². The van der Waals surface area contributed by atoms with Crippen molar-refractivity contribution in [2.45, 2.75) is 32.7 Å². The molecule has 0 saturated carbocycles. The fourth-order valence-electron chi connectivity index (χ4n) is 2.93. The molecule has 0 spiro atoms. The fourth-order valence-corrected chi connectivity index (χ4v) is 2.93. The Morgan fingerprint density at radius 2 is 1.86 bits per heavy atom. The lowest BCUT2D eigenvalue weighted by Crippen LogP contribution is -2.20. The maximum Gasteiger partial charge on any atom is 0.104 e. The van der Waals surface area contributed by atoms with Crippen molar-refractivity contribution in [2.24, 2.45) is 0 Å². The van der Waals surface area contributed by atoms with Crippen LogP contribution < -0.4 is 5.32 Å². The van der Waals surface area contributed by atoms with Crippen LogP contribution in [0.3, 0.4) is 0 Å². The Bertz CT molecular complexity index is 700. The van der Waals surface area contributed by atoms with Gasteiger partial charge in [-0.05, 0) is 55.6 Å². The molecule has 2 nitrogen and oxygen atoms in total. The molecule has 1 aromatic rings. The average Bonchev–Trinajstić information content (AvgIpc) is 3.03. The van der Waals surface area contributed by atoms with E-state index in [2.05, 4.69) is 60.8 Å². The van der Waals surface area contributed by atoms with Gasteiger partial charge in [0.15, 0.2) is 0 Å². The molecule has 0 amide bonds. The first kappa shape index (κ1) is 14.9. The quantitative estimate of drug-likeness (QED) is 0.649. The summed E-state index contributed by atoms with van der Waals surface area (Å²) in [6.45, 7) is 5.22. The maximum atomic E-state index is 5.60. The van der Waals surface area contributed by atoms with Gasteiger partial charge < -0.3 is 9.73 Å². The van der Waals surface area contributed by atoms with Crippen LogP contribution in [0.2, 0.25) is 0 Å². The number of hydrogen-bond donors (Lipinski definition) is 1. The van der Waals surface area contributed by atoms with Gasteiger partial charge in [-0.1, -0.05) is 42.5 Å². The van der Waals surface area contributed by atoms with Gasteiger partial charge in [0, 0.05) is 12.5 Å². The van der Waals surface area contributed by atoms with E-state index < -0.39 is 0 Å². The lowest BCUT2D eigenvalue weighted by molar-refractivity contribution is 0.467. The van der Waals surface area contributed by atoms with Crippen LogP contribution in [0.4, 0.5) is 0 Å². The first-order valence-corrected chi connectivity index (χ1v) is 8.00. The van der Waals surface area contributed by atoms with Crippen molar-refractivity contribution in [3.63, 3.8) is 0 Å². The predicted molar refractivity (Wildman–Crippen MR) is 91.2 cm³/mol. The minimum atomic E-state index is 0.359. The molecule has 1 atom stereocenters. The highest BCUT2D eigenvalue weighted by atomic mass is 16.3. The number of aryl methyl sites for hydroxylation is 2.